The number of aliphatic carboxylic acids is 1. The largest absolute Gasteiger partial charge is 0.479 e. The number of carbonyl (C=O) groups excluding carboxylic acids is 1. The molecule has 6 nitrogen and oxygen atoms in total. The molecule has 0 spiro atoms. The van der Waals surface area contributed by atoms with Gasteiger partial charge in [0.15, 0.2) is 6.04 Å². The van der Waals surface area contributed by atoms with Crippen molar-refractivity contribution in [3.8, 4) is 0 Å². The first-order valence-corrected chi connectivity index (χ1v) is 4.84. The van der Waals surface area contributed by atoms with Crippen molar-refractivity contribution in [2.24, 2.45) is 0 Å². The Hall–Kier alpha value is -1.85. The summed E-state index contributed by atoms with van der Waals surface area (Å²) in [5.41, 5.74) is 1.81. The van der Waals surface area contributed by atoms with Gasteiger partial charge >= 0.3 is 5.97 Å². The van der Waals surface area contributed by atoms with Crippen LogP contribution < -0.4 is 0 Å². The van der Waals surface area contributed by atoms with Crippen molar-refractivity contribution in [3.05, 3.63) is 17.0 Å². The second kappa shape index (κ2) is 4.34. The molecular weight excluding hydrogens is 210 g/mol. The molecule has 1 amide bonds. The summed E-state index contributed by atoms with van der Waals surface area (Å²) in [5.74, 6) is -1.36. The number of likely N-dealkylation sites (N-methyl/N-ethyl adjacent to an activating group) is 1. The van der Waals surface area contributed by atoms with Gasteiger partial charge in [0.1, 0.15) is 0 Å². The minimum absolute atomic E-state index is 0.299. The van der Waals surface area contributed by atoms with Gasteiger partial charge in [0, 0.05) is 25.2 Å². The summed E-state index contributed by atoms with van der Waals surface area (Å²) in [6.07, 6.45) is 0. The van der Waals surface area contributed by atoms with Crippen LogP contribution in [0.4, 0.5) is 0 Å². The molecule has 0 aromatic carbocycles. The van der Waals surface area contributed by atoms with E-state index >= 15 is 0 Å². The van der Waals surface area contributed by atoms with Gasteiger partial charge in [0.2, 0.25) is 5.91 Å². The lowest BCUT2D eigenvalue weighted by atomic mass is 10.0. The Labute approximate surface area is 93.3 Å². The molecule has 0 radical (unpaired) electrons. The van der Waals surface area contributed by atoms with Crippen molar-refractivity contribution in [2.75, 3.05) is 7.05 Å². The molecule has 0 bridgehead atoms. The lowest BCUT2D eigenvalue weighted by Gasteiger charge is -2.23. The number of rotatable bonds is 3. The molecule has 16 heavy (non-hydrogen) atoms. The Morgan fingerprint density at radius 2 is 2.00 bits per heavy atom. The van der Waals surface area contributed by atoms with E-state index in [0.29, 0.717) is 17.0 Å². The molecule has 0 saturated heterocycles. The predicted molar refractivity (Wildman–Crippen MR) is 56.9 cm³/mol. The van der Waals surface area contributed by atoms with Crippen LogP contribution in [0.5, 0.6) is 0 Å². The van der Waals surface area contributed by atoms with Crippen LogP contribution in [0, 0.1) is 13.8 Å². The first-order valence-electron chi connectivity index (χ1n) is 4.84. The van der Waals surface area contributed by atoms with Crippen LogP contribution in [0.2, 0.25) is 0 Å². The smallest absolute Gasteiger partial charge is 0.331 e. The summed E-state index contributed by atoms with van der Waals surface area (Å²) >= 11 is 0. The highest BCUT2D eigenvalue weighted by atomic mass is 16.4. The molecule has 1 unspecified atom stereocenters. The first-order chi connectivity index (χ1) is 7.36. The summed E-state index contributed by atoms with van der Waals surface area (Å²) in [6, 6.07) is -0.990. The topological polar surface area (TPSA) is 86.3 Å². The van der Waals surface area contributed by atoms with Crippen molar-refractivity contribution >= 4 is 11.9 Å². The fourth-order valence-electron chi connectivity index (χ4n) is 1.63. The van der Waals surface area contributed by atoms with Crippen LogP contribution in [0.1, 0.15) is 29.9 Å². The third-order valence-corrected chi connectivity index (χ3v) is 2.58. The van der Waals surface area contributed by atoms with E-state index in [2.05, 4.69) is 10.2 Å². The maximum Gasteiger partial charge on any atom is 0.331 e. The van der Waals surface area contributed by atoms with Gasteiger partial charge in [-0.15, -0.1) is 0 Å². The predicted octanol–water partition coefficient (Wildman–Crippen LogP) is 0.631. The van der Waals surface area contributed by atoms with E-state index in [4.69, 9.17) is 0 Å². The van der Waals surface area contributed by atoms with Crippen LogP contribution in [-0.2, 0) is 9.59 Å². The van der Waals surface area contributed by atoms with Crippen molar-refractivity contribution in [1.29, 1.82) is 0 Å². The number of carboxylic acids is 1. The number of nitrogens with one attached hydrogen (secondary N) is 1. The molecule has 0 aliphatic rings. The van der Waals surface area contributed by atoms with E-state index in [1.54, 1.807) is 13.8 Å². The summed E-state index contributed by atoms with van der Waals surface area (Å²) in [4.78, 5) is 23.6. The van der Waals surface area contributed by atoms with Crippen molar-refractivity contribution in [3.63, 3.8) is 0 Å². The summed E-state index contributed by atoms with van der Waals surface area (Å²) < 4.78 is 0. The average molecular weight is 225 g/mol. The van der Waals surface area contributed by atoms with Gasteiger partial charge in [0.05, 0.1) is 5.69 Å². The molecule has 1 aromatic heterocycles. The lowest BCUT2D eigenvalue weighted by molar-refractivity contribution is -0.148. The van der Waals surface area contributed by atoms with Crippen molar-refractivity contribution in [2.45, 2.75) is 26.8 Å². The monoisotopic (exact) mass is 225 g/mol. The highest BCUT2D eigenvalue weighted by Crippen LogP contribution is 2.24. The SMILES string of the molecule is CC(=O)N(C)C(C(=O)O)c1c(C)n[nH]c1C. The first kappa shape index (κ1) is 12.2. The van der Waals surface area contributed by atoms with Crippen molar-refractivity contribution < 1.29 is 14.7 Å². The number of aromatic nitrogens is 2. The number of aryl methyl sites for hydroxylation is 2. The maximum atomic E-state index is 11.2. The third kappa shape index (κ3) is 2.05. The van der Waals surface area contributed by atoms with Crippen LogP contribution in [-0.4, -0.2) is 39.1 Å². The van der Waals surface area contributed by atoms with E-state index in [1.165, 1.54) is 18.9 Å². The van der Waals surface area contributed by atoms with E-state index in [9.17, 15) is 14.7 Å². The fraction of sp³-hybridized carbons (Fsp3) is 0.500. The highest BCUT2D eigenvalue weighted by molar-refractivity contribution is 5.83. The van der Waals surface area contributed by atoms with E-state index in [1.807, 2.05) is 0 Å². The highest BCUT2D eigenvalue weighted by Gasteiger charge is 2.30. The number of hydrogen-bond acceptors (Lipinski definition) is 3. The van der Waals surface area contributed by atoms with Gasteiger partial charge in [-0.25, -0.2) is 4.79 Å². The maximum absolute atomic E-state index is 11.2. The summed E-state index contributed by atoms with van der Waals surface area (Å²) in [5, 5.41) is 15.8. The molecule has 0 aliphatic heterocycles. The Morgan fingerprint density at radius 3 is 2.31 bits per heavy atom. The van der Waals surface area contributed by atoms with E-state index in [0.717, 1.165) is 0 Å². The minimum atomic E-state index is -1.06. The quantitative estimate of drug-likeness (QED) is 0.790. The second-order valence-electron chi connectivity index (χ2n) is 3.72. The Bertz CT molecular complexity index is 405. The summed E-state index contributed by atoms with van der Waals surface area (Å²) in [7, 11) is 1.47. The molecule has 1 atom stereocenters. The fourth-order valence-corrected chi connectivity index (χ4v) is 1.63. The number of nitrogens with zero attached hydrogens (tertiary/aromatic N) is 2. The Morgan fingerprint density at radius 1 is 1.44 bits per heavy atom. The number of hydrogen-bond donors (Lipinski definition) is 2. The van der Waals surface area contributed by atoms with Crippen LogP contribution in [0.25, 0.3) is 0 Å². The molecule has 1 heterocycles. The van der Waals surface area contributed by atoms with Crippen LogP contribution in [0.3, 0.4) is 0 Å². The molecule has 6 heteroatoms. The van der Waals surface area contributed by atoms with E-state index in [-0.39, 0.29) is 5.91 Å². The zero-order valence-electron chi connectivity index (χ0n) is 9.74. The number of carbonyl (C=O) groups is 2. The number of amides is 1. The molecule has 0 aliphatic carbocycles. The number of H-pyrrole nitrogens is 1. The van der Waals surface area contributed by atoms with Gasteiger partial charge in [-0.3, -0.25) is 9.89 Å². The molecule has 1 aromatic rings. The number of aromatic amines is 1. The van der Waals surface area contributed by atoms with Gasteiger partial charge in [-0.05, 0) is 13.8 Å². The van der Waals surface area contributed by atoms with Gasteiger partial charge in [-0.2, -0.15) is 5.10 Å². The normalized spacial score (nSPS) is 12.2. The molecule has 0 saturated carbocycles. The lowest BCUT2D eigenvalue weighted by Crippen LogP contribution is -2.34. The Balaban J connectivity index is 3.23. The molecule has 0 fully saturated rings. The summed E-state index contributed by atoms with van der Waals surface area (Å²) in [6.45, 7) is 4.78. The van der Waals surface area contributed by atoms with Crippen molar-refractivity contribution in [1.82, 2.24) is 15.1 Å². The van der Waals surface area contributed by atoms with Gasteiger partial charge < -0.3 is 10.0 Å². The average Bonchev–Trinajstić information content (AvgIpc) is 2.49. The molecule has 1 rings (SSSR count). The third-order valence-electron chi connectivity index (χ3n) is 2.58. The Kier molecular flexibility index (Phi) is 3.31. The molecule has 2 N–H and O–H groups in total. The molecule has 88 valence electrons. The van der Waals surface area contributed by atoms with Gasteiger partial charge in [-0.1, -0.05) is 0 Å². The van der Waals surface area contributed by atoms with Crippen LogP contribution >= 0.6 is 0 Å². The van der Waals surface area contributed by atoms with Crippen LogP contribution in [0.15, 0.2) is 0 Å². The number of carboxylic acid groups (broad SMARTS) is 1. The van der Waals surface area contributed by atoms with E-state index < -0.39 is 12.0 Å². The minimum Gasteiger partial charge on any atom is -0.479 e. The standard InChI is InChI=1S/C10H15N3O3/c1-5-8(6(2)12-11-5)9(10(15)16)13(4)7(3)14/h9H,1-4H3,(H,11,12)(H,15,16). The zero-order chi connectivity index (χ0) is 12.5. The van der Waals surface area contributed by atoms with Gasteiger partial charge in [0.25, 0.3) is 0 Å². The zero-order valence-corrected chi connectivity index (χ0v) is 9.74. The molecular formula is C10H15N3O3. The second-order valence-corrected chi connectivity index (χ2v) is 3.72.